The normalized spacial score (nSPS) is 22.4. The van der Waals surface area contributed by atoms with Crippen LogP contribution in [0.3, 0.4) is 0 Å². The molecule has 1 amide bonds. The SMILES string of the molecule is COc1ccccc1C(=O)NC[C@]1(c2ccccc2)CC[C@H](N/C(=N\C#N)NCC2CC2)CC1. The van der Waals surface area contributed by atoms with Gasteiger partial charge in [-0.3, -0.25) is 4.79 Å². The summed E-state index contributed by atoms with van der Waals surface area (Å²) in [6.07, 6.45) is 8.09. The average Bonchev–Trinajstić information content (AvgIpc) is 3.72. The molecule has 0 bridgehead atoms. The molecule has 3 N–H and O–H groups in total. The van der Waals surface area contributed by atoms with Crippen LogP contribution in [0.5, 0.6) is 5.75 Å². The molecule has 34 heavy (non-hydrogen) atoms. The smallest absolute Gasteiger partial charge is 0.255 e. The summed E-state index contributed by atoms with van der Waals surface area (Å²) in [5.74, 6) is 1.73. The van der Waals surface area contributed by atoms with Gasteiger partial charge in [-0.05, 0) is 62.1 Å². The number of carbonyl (C=O) groups is 1. The number of para-hydroxylation sites is 1. The number of amides is 1. The maximum Gasteiger partial charge on any atom is 0.255 e. The van der Waals surface area contributed by atoms with E-state index in [1.54, 1.807) is 19.2 Å². The maximum absolute atomic E-state index is 13.0. The molecule has 2 aliphatic carbocycles. The summed E-state index contributed by atoms with van der Waals surface area (Å²) >= 11 is 0. The lowest BCUT2D eigenvalue weighted by atomic mass is 9.68. The van der Waals surface area contributed by atoms with Crippen molar-refractivity contribution in [1.29, 1.82) is 5.26 Å². The standard InChI is InChI=1S/C27H33N5O2/c1-34-24-10-6-5-9-23(24)25(33)30-18-27(21-7-3-2-4-8-21)15-13-22(14-16-27)32-26(31-19-28)29-17-20-11-12-20/h2-10,20,22H,11-18H2,1H3,(H,30,33)(H2,29,31,32)/t22-,27-. The molecular formula is C27H33N5O2. The number of nitrogens with one attached hydrogen (secondary N) is 3. The predicted octanol–water partition coefficient (Wildman–Crippen LogP) is 3.73. The summed E-state index contributed by atoms with van der Waals surface area (Å²) in [4.78, 5) is 16.9. The first-order valence-electron chi connectivity index (χ1n) is 12.1. The minimum absolute atomic E-state index is 0.124. The van der Waals surface area contributed by atoms with Crippen molar-refractivity contribution in [2.75, 3.05) is 20.2 Å². The van der Waals surface area contributed by atoms with Crippen LogP contribution in [0.4, 0.5) is 0 Å². The number of methoxy groups -OCH3 is 1. The number of nitriles is 1. The average molecular weight is 460 g/mol. The molecule has 7 heteroatoms. The van der Waals surface area contributed by atoms with Gasteiger partial charge in [-0.1, -0.05) is 42.5 Å². The van der Waals surface area contributed by atoms with Crippen LogP contribution in [0.1, 0.15) is 54.4 Å². The van der Waals surface area contributed by atoms with Gasteiger partial charge in [0.05, 0.1) is 12.7 Å². The first-order valence-corrected chi connectivity index (χ1v) is 12.1. The van der Waals surface area contributed by atoms with Gasteiger partial charge in [0, 0.05) is 24.5 Å². The van der Waals surface area contributed by atoms with E-state index in [-0.39, 0.29) is 17.4 Å². The quantitative estimate of drug-likeness (QED) is 0.317. The first kappa shape index (κ1) is 23.6. The van der Waals surface area contributed by atoms with Gasteiger partial charge >= 0.3 is 0 Å². The lowest BCUT2D eigenvalue weighted by molar-refractivity contribution is 0.0932. The Kier molecular flexibility index (Phi) is 7.69. The van der Waals surface area contributed by atoms with Crippen molar-refractivity contribution in [2.24, 2.45) is 10.9 Å². The van der Waals surface area contributed by atoms with Gasteiger partial charge in [0.1, 0.15) is 5.75 Å². The molecule has 0 aromatic heterocycles. The van der Waals surface area contributed by atoms with Crippen molar-refractivity contribution in [3.63, 3.8) is 0 Å². The number of aliphatic imine (C=N–C) groups is 1. The topological polar surface area (TPSA) is 98.5 Å². The highest BCUT2D eigenvalue weighted by Gasteiger charge is 2.37. The summed E-state index contributed by atoms with van der Waals surface area (Å²) in [6.45, 7) is 1.42. The second kappa shape index (κ2) is 11.1. The van der Waals surface area contributed by atoms with Crippen LogP contribution >= 0.6 is 0 Å². The summed E-state index contributed by atoms with van der Waals surface area (Å²) in [6, 6.07) is 18.0. The number of hydrogen-bond acceptors (Lipinski definition) is 4. The van der Waals surface area contributed by atoms with E-state index in [1.807, 2.05) is 24.4 Å². The van der Waals surface area contributed by atoms with E-state index in [2.05, 4.69) is 45.2 Å². The highest BCUT2D eigenvalue weighted by Crippen LogP contribution is 2.39. The van der Waals surface area contributed by atoms with Crippen molar-refractivity contribution < 1.29 is 9.53 Å². The van der Waals surface area contributed by atoms with Gasteiger partial charge in [0.15, 0.2) is 0 Å². The molecule has 0 atom stereocenters. The monoisotopic (exact) mass is 459 g/mol. The molecule has 4 rings (SSSR count). The summed E-state index contributed by atoms with van der Waals surface area (Å²) in [7, 11) is 1.58. The Morgan fingerprint density at radius 1 is 1.06 bits per heavy atom. The summed E-state index contributed by atoms with van der Waals surface area (Å²) in [5, 5.41) is 19.0. The molecule has 0 radical (unpaired) electrons. The molecule has 7 nitrogen and oxygen atoms in total. The Bertz CT molecular complexity index is 1030. The lowest BCUT2D eigenvalue weighted by Gasteiger charge is -2.41. The second-order valence-electron chi connectivity index (χ2n) is 9.33. The van der Waals surface area contributed by atoms with Gasteiger partial charge in [-0.15, -0.1) is 4.99 Å². The van der Waals surface area contributed by atoms with Crippen LogP contribution in [0.25, 0.3) is 0 Å². The van der Waals surface area contributed by atoms with Gasteiger partial charge in [-0.2, -0.15) is 5.26 Å². The number of rotatable bonds is 8. The molecule has 0 aliphatic heterocycles. The maximum atomic E-state index is 13.0. The zero-order valence-corrected chi connectivity index (χ0v) is 19.7. The Balaban J connectivity index is 1.42. The molecular weight excluding hydrogens is 426 g/mol. The minimum atomic E-state index is -0.148. The molecule has 2 aliphatic rings. The largest absolute Gasteiger partial charge is 0.496 e. The highest BCUT2D eigenvalue weighted by atomic mass is 16.5. The Morgan fingerprint density at radius 2 is 1.76 bits per heavy atom. The fourth-order valence-corrected chi connectivity index (χ4v) is 4.78. The van der Waals surface area contributed by atoms with Crippen LogP contribution in [-0.2, 0) is 5.41 Å². The summed E-state index contributed by atoms with van der Waals surface area (Å²) in [5.41, 5.74) is 1.64. The van der Waals surface area contributed by atoms with Crippen LogP contribution in [-0.4, -0.2) is 38.1 Å². The summed E-state index contributed by atoms with van der Waals surface area (Å²) < 4.78 is 5.37. The van der Waals surface area contributed by atoms with Crippen molar-refractivity contribution in [3.8, 4) is 11.9 Å². The van der Waals surface area contributed by atoms with Crippen molar-refractivity contribution in [3.05, 3.63) is 65.7 Å². The van der Waals surface area contributed by atoms with Gasteiger partial charge in [0.2, 0.25) is 12.2 Å². The van der Waals surface area contributed by atoms with E-state index in [9.17, 15) is 4.79 Å². The first-order chi connectivity index (χ1) is 16.6. The molecule has 2 saturated carbocycles. The van der Waals surface area contributed by atoms with E-state index in [0.29, 0.717) is 29.7 Å². The van der Waals surface area contributed by atoms with E-state index in [4.69, 9.17) is 10.00 Å². The van der Waals surface area contributed by atoms with E-state index in [1.165, 1.54) is 18.4 Å². The highest BCUT2D eigenvalue weighted by molar-refractivity contribution is 5.97. The number of hydrogen-bond donors (Lipinski definition) is 3. The molecule has 2 aromatic carbocycles. The Labute approximate surface area is 201 Å². The number of nitrogens with zero attached hydrogens (tertiary/aromatic N) is 2. The molecule has 0 saturated heterocycles. The number of ether oxygens (including phenoxy) is 1. The van der Waals surface area contributed by atoms with Gasteiger partial charge in [-0.25, -0.2) is 0 Å². The fourth-order valence-electron chi connectivity index (χ4n) is 4.78. The minimum Gasteiger partial charge on any atom is -0.496 e. The molecule has 0 unspecified atom stereocenters. The van der Waals surface area contributed by atoms with E-state index in [0.717, 1.165) is 32.2 Å². The number of carbonyl (C=O) groups excluding carboxylic acids is 1. The molecule has 178 valence electrons. The fraction of sp³-hybridized carbons (Fsp3) is 0.444. The number of benzene rings is 2. The molecule has 0 heterocycles. The van der Waals surface area contributed by atoms with Gasteiger partial charge in [0.25, 0.3) is 5.91 Å². The van der Waals surface area contributed by atoms with Crippen LogP contribution < -0.4 is 20.7 Å². The van der Waals surface area contributed by atoms with Crippen molar-refractivity contribution in [1.82, 2.24) is 16.0 Å². The third-order valence-corrected chi connectivity index (χ3v) is 7.03. The lowest BCUT2D eigenvalue weighted by Crippen LogP contribution is -2.50. The number of guanidine groups is 1. The van der Waals surface area contributed by atoms with E-state index < -0.39 is 0 Å². The molecule has 2 aromatic rings. The third-order valence-electron chi connectivity index (χ3n) is 7.03. The zero-order valence-electron chi connectivity index (χ0n) is 19.7. The Hall–Kier alpha value is -3.53. The van der Waals surface area contributed by atoms with E-state index >= 15 is 0 Å². The second-order valence-corrected chi connectivity index (χ2v) is 9.33. The molecule has 2 fully saturated rings. The zero-order chi connectivity index (χ0) is 23.8. The third kappa shape index (κ3) is 5.88. The van der Waals surface area contributed by atoms with Crippen molar-refractivity contribution >= 4 is 11.9 Å². The van der Waals surface area contributed by atoms with Crippen LogP contribution in [0, 0.1) is 17.4 Å². The molecule has 0 spiro atoms. The van der Waals surface area contributed by atoms with Gasteiger partial charge < -0.3 is 20.7 Å². The predicted molar refractivity (Wildman–Crippen MR) is 133 cm³/mol. The van der Waals surface area contributed by atoms with Crippen LogP contribution in [0.2, 0.25) is 0 Å². The van der Waals surface area contributed by atoms with Crippen LogP contribution in [0.15, 0.2) is 59.6 Å². The van der Waals surface area contributed by atoms with Crippen molar-refractivity contribution in [2.45, 2.75) is 50.0 Å². The Morgan fingerprint density at radius 3 is 2.44 bits per heavy atom.